The van der Waals surface area contributed by atoms with E-state index in [9.17, 15) is 0 Å². The lowest BCUT2D eigenvalue weighted by molar-refractivity contribution is 0.0475. The van der Waals surface area contributed by atoms with Crippen molar-refractivity contribution in [2.45, 2.75) is 51.7 Å². The molecule has 0 aromatic rings. The van der Waals surface area contributed by atoms with Crippen LogP contribution in [0.2, 0.25) is 0 Å². The zero-order valence-electron chi connectivity index (χ0n) is 12.0. The van der Waals surface area contributed by atoms with Gasteiger partial charge in [0.1, 0.15) is 11.8 Å². The van der Waals surface area contributed by atoms with Crippen LogP contribution in [0.5, 0.6) is 0 Å². The van der Waals surface area contributed by atoms with Crippen LogP contribution in [-0.2, 0) is 4.74 Å². The van der Waals surface area contributed by atoms with Crippen LogP contribution in [0.1, 0.15) is 39.5 Å². The van der Waals surface area contributed by atoms with E-state index in [2.05, 4.69) is 36.0 Å². The smallest absolute Gasteiger partial charge is 0.123 e. The van der Waals surface area contributed by atoms with Crippen molar-refractivity contribution in [2.24, 2.45) is 10.9 Å². The van der Waals surface area contributed by atoms with E-state index in [1.807, 2.05) is 12.3 Å². The fraction of sp³-hybridized carbons (Fsp3) is 0.688. The molecule has 104 valence electrons. The largest absolute Gasteiger partial charge is 0.369 e. The lowest BCUT2D eigenvalue weighted by Crippen LogP contribution is -2.48. The molecule has 19 heavy (non-hydrogen) atoms. The third-order valence-corrected chi connectivity index (χ3v) is 3.35. The molecule has 0 aromatic heterocycles. The fourth-order valence-corrected chi connectivity index (χ4v) is 2.38. The Balaban J connectivity index is 2.09. The number of hydrogen-bond donors (Lipinski definition) is 1. The minimum Gasteiger partial charge on any atom is -0.369 e. The highest BCUT2D eigenvalue weighted by Gasteiger charge is 2.28. The summed E-state index contributed by atoms with van der Waals surface area (Å²) in [6.07, 6.45) is 8.28. The molecule has 0 bridgehead atoms. The Bertz CT molecular complexity index is 395. The van der Waals surface area contributed by atoms with Gasteiger partial charge in [0.05, 0.1) is 0 Å². The van der Waals surface area contributed by atoms with E-state index in [0.717, 1.165) is 31.7 Å². The quantitative estimate of drug-likeness (QED) is 0.771. The van der Waals surface area contributed by atoms with Gasteiger partial charge in [0.25, 0.3) is 0 Å². The summed E-state index contributed by atoms with van der Waals surface area (Å²) in [5, 5.41) is 3.56. The van der Waals surface area contributed by atoms with Gasteiger partial charge in [-0.25, -0.2) is 4.99 Å². The predicted octanol–water partition coefficient (Wildman–Crippen LogP) is 2.53. The second kappa shape index (κ2) is 7.47. The summed E-state index contributed by atoms with van der Waals surface area (Å²) in [5.41, 5.74) is 0.883. The number of hydrogen-bond acceptors (Lipinski definition) is 3. The summed E-state index contributed by atoms with van der Waals surface area (Å²) >= 11 is 0. The standard InChI is InChI=1S/C16H24N2O/c1-13(2)12-19-16(15-9-5-7-11-18-15)14-8-4-3-6-10-17-14/h6,10,13,15-16,18H,3,5,7,9,11-12H2,1-2H3. The van der Waals surface area contributed by atoms with Gasteiger partial charge in [-0.15, -0.1) is 0 Å². The summed E-state index contributed by atoms with van der Waals surface area (Å²) < 4.78 is 6.11. The molecule has 2 atom stereocenters. The summed E-state index contributed by atoms with van der Waals surface area (Å²) in [6.45, 7) is 6.17. The number of nitrogens with one attached hydrogen (secondary N) is 1. The second-order valence-corrected chi connectivity index (χ2v) is 5.61. The summed E-state index contributed by atoms with van der Waals surface area (Å²) in [5.74, 6) is 6.83. The maximum absolute atomic E-state index is 6.11. The number of allylic oxidation sites excluding steroid dienone is 1. The monoisotopic (exact) mass is 260 g/mol. The average Bonchev–Trinajstić information content (AvgIpc) is 2.69. The van der Waals surface area contributed by atoms with Gasteiger partial charge in [0.2, 0.25) is 0 Å². The van der Waals surface area contributed by atoms with E-state index in [0.29, 0.717) is 12.0 Å². The molecule has 1 saturated heterocycles. The van der Waals surface area contributed by atoms with Crippen LogP contribution in [0.4, 0.5) is 0 Å². The van der Waals surface area contributed by atoms with Crippen LogP contribution in [0, 0.1) is 17.8 Å². The molecule has 1 N–H and O–H groups in total. The third kappa shape index (κ3) is 4.49. The molecule has 2 rings (SSSR count). The van der Waals surface area contributed by atoms with Gasteiger partial charge >= 0.3 is 0 Å². The van der Waals surface area contributed by atoms with E-state index in [-0.39, 0.29) is 6.10 Å². The lowest BCUT2D eigenvalue weighted by atomic mass is 9.96. The van der Waals surface area contributed by atoms with Crippen molar-refractivity contribution in [1.82, 2.24) is 5.32 Å². The van der Waals surface area contributed by atoms with Crippen LogP contribution in [0.25, 0.3) is 0 Å². The molecule has 2 heterocycles. The first kappa shape index (κ1) is 14.3. The number of nitrogens with zero attached hydrogens (tertiary/aromatic N) is 1. The molecule has 0 spiro atoms. The van der Waals surface area contributed by atoms with E-state index in [1.54, 1.807) is 0 Å². The molecule has 2 unspecified atom stereocenters. The molecule has 1 fully saturated rings. The molecular formula is C16H24N2O. The maximum Gasteiger partial charge on any atom is 0.123 e. The van der Waals surface area contributed by atoms with Crippen LogP contribution in [0.15, 0.2) is 17.3 Å². The van der Waals surface area contributed by atoms with E-state index < -0.39 is 0 Å². The zero-order chi connectivity index (χ0) is 13.5. The Kier molecular flexibility index (Phi) is 5.62. The van der Waals surface area contributed by atoms with Crippen LogP contribution in [-0.4, -0.2) is 31.0 Å². The Morgan fingerprint density at radius 3 is 3.11 bits per heavy atom. The maximum atomic E-state index is 6.11. The van der Waals surface area contributed by atoms with Gasteiger partial charge in [-0.05, 0) is 31.2 Å². The number of ether oxygens (including phenoxy) is 1. The summed E-state index contributed by atoms with van der Waals surface area (Å²) in [7, 11) is 0. The minimum atomic E-state index is -0.00190. The molecule has 0 saturated carbocycles. The summed E-state index contributed by atoms with van der Waals surface area (Å²) in [6, 6.07) is 0.354. The molecule has 3 heteroatoms. The zero-order valence-corrected chi connectivity index (χ0v) is 12.0. The van der Waals surface area contributed by atoms with E-state index >= 15 is 0 Å². The fourth-order valence-electron chi connectivity index (χ4n) is 2.38. The van der Waals surface area contributed by atoms with Crippen LogP contribution < -0.4 is 5.32 Å². The van der Waals surface area contributed by atoms with E-state index in [1.165, 1.54) is 12.8 Å². The van der Waals surface area contributed by atoms with Gasteiger partial charge in [-0.1, -0.05) is 32.3 Å². The second-order valence-electron chi connectivity index (χ2n) is 5.61. The van der Waals surface area contributed by atoms with Crippen molar-refractivity contribution in [3.8, 4) is 11.8 Å². The topological polar surface area (TPSA) is 33.6 Å². The number of piperidine rings is 1. The first-order valence-corrected chi connectivity index (χ1v) is 7.34. The van der Waals surface area contributed by atoms with Gasteiger partial charge in [-0.3, -0.25) is 0 Å². The van der Waals surface area contributed by atoms with Crippen molar-refractivity contribution in [1.29, 1.82) is 0 Å². The Morgan fingerprint density at radius 2 is 2.37 bits per heavy atom. The first-order chi connectivity index (χ1) is 9.27. The Hall–Kier alpha value is -1.11. The first-order valence-electron chi connectivity index (χ1n) is 7.34. The highest BCUT2D eigenvalue weighted by atomic mass is 16.5. The molecule has 0 radical (unpaired) electrons. The van der Waals surface area contributed by atoms with Gasteiger partial charge in [-0.2, -0.15) is 0 Å². The minimum absolute atomic E-state index is 0.00190. The van der Waals surface area contributed by atoms with Gasteiger partial charge < -0.3 is 10.1 Å². The third-order valence-electron chi connectivity index (χ3n) is 3.35. The molecule has 3 nitrogen and oxygen atoms in total. The Labute approximate surface area is 116 Å². The van der Waals surface area contributed by atoms with E-state index in [4.69, 9.17) is 4.74 Å². The van der Waals surface area contributed by atoms with Crippen molar-refractivity contribution >= 4 is 5.71 Å². The van der Waals surface area contributed by atoms with Crippen molar-refractivity contribution < 1.29 is 4.74 Å². The van der Waals surface area contributed by atoms with Crippen molar-refractivity contribution in [3.63, 3.8) is 0 Å². The predicted molar refractivity (Wildman–Crippen MR) is 79.2 cm³/mol. The SMILES string of the molecule is CC(C)COC(C1=NC=CCC#C1)C1CCCCN1. The lowest BCUT2D eigenvalue weighted by Gasteiger charge is -2.31. The number of rotatable bonds is 5. The molecule has 0 aromatic carbocycles. The molecule has 0 aliphatic carbocycles. The van der Waals surface area contributed by atoms with Crippen LogP contribution in [0.3, 0.4) is 0 Å². The van der Waals surface area contributed by atoms with Gasteiger partial charge in [0.15, 0.2) is 0 Å². The average molecular weight is 260 g/mol. The molecule has 0 amide bonds. The normalized spacial score (nSPS) is 24.4. The Morgan fingerprint density at radius 1 is 1.47 bits per heavy atom. The highest BCUT2D eigenvalue weighted by Crippen LogP contribution is 2.16. The van der Waals surface area contributed by atoms with Crippen molar-refractivity contribution in [2.75, 3.05) is 13.2 Å². The number of aliphatic imine (C=N–C) groups is 1. The molecular weight excluding hydrogens is 236 g/mol. The van der Waals surface area contributed by atoms with Gasteiger partial charge in [0, 0.05) is 25.3 Å². The molecule has 2 aliphatic heterocycles. The molecule has 2 aliphatic rings. The van der Waals surface area contributed by atoms with Crippen molar-refractivity contribution in [3.05, 3.63) is 12.3 Å². The highest BCUT2D eigenvalue weighted by molar-refractivity contribution is 6.04. The summed E-state index contributed by atoms with van der Waals surface area (Å²) in [4.78, 5) is 4.47. The van der Waals surface area contributed by atoms with Crippen LogP contribution >= 0.6 is 0 Å².